The van der Waals surface area contributed by atoms with E-state index in [0.29, 0.717) is 27.0 Å². The van der Waals surface area contributed by atoms with Crippen LogP contribution in [0.25, 0.3) is 0 Å². The number of carbonyl (C=O) groups is 1. The molecular formula is C20H17Cl2N3O. The van der Waals surface area contributed by atoms with Gasteiger partial charge < -0.3 is 10.6 Å². The minimum Gasteiger partial charge on any atom is -0.353 e. The van der Waals surface area contributed by atoms with Crippen molar-refractivity contribution in [3.8, 4) is 0 Å². The molecule has 132 valence electrons. The second kappa shape index (κ2) is 8.21. The van der Waals surface area contributed by atoms with Crippen molar-refractivity contribution in [1.29, 1.82) is 0 Å². The lowest BCUT2D eigenvalue weighted by molar-refractivity contribution is 0.0939. The van der Waals surface area contributed by atoms with Gasteiger partial charge in [0, 0.05) is 11.2 Å². The number of rotatable bonds is 5. The highest BCUT2D eigenvalue weighted by atomic mass is 35.5. The number of carbonyl (C=O) groups excluding carboxylic acids is 1. The van der Waals surface area contributed by atoms with Crippen LogP contribution in [0.1, 0.15) is 28.9 Å². The Hall–Kier alpha value is -2.56. The molecule has 0 saturated carbocycles. The molecule has 0 saturated heterocycles. The van der Waals surface area contributed by atoms with Gasteiger partial charge in [0.2, 0.25) is 0 Å². The Balaban J connectivity index is 1.73. The smallest absolute Gasteiger partial charge is 0.253 e. The largest absolute Gasteiger partial charge is 0.353 e. The molecule has 2 N–H and O–H groups in total. The molecule has 3 aromatic rings. The average Bonchev–Trinajstić information content (AvgIpc) is 2.65. The maximum Gasteiger partial charge on any atom is 0.253 e. The Morgan fingerprint density at radius 3 is 2.54 bits per heavy atom. The van der Waals surface area contributed by atoms with Crippen molar-refractivity contribution in [3.63, 3.8) is 0 Å². The zero-order valence-corrected chi connectivity index (χ0v) is 15.6. The number of amides is 1. The fraction of sp³-hybridized carbons (Fsp3) is 0.100. The van der Waals surface area contributed by atoms with Gasteiger partial charge in [-0.3, -0.25) is 9.78 Å². The molecule has 0 spiro atoms. The minimum atomic E-state index is -0.195. The van der Waals surface area contributed by atoms with Crippen LogP contribution in [0, 0.1) is 0 Å². The summed E-state index contributed by atoms with van der Waals surface area (Å²) in [5.41, 5.74) is 2.85. The maximum absolute atomic E-state index is 12.5. The summed E-state index contributed by atoms with van der Waals surface area (Å²) in [7, 11) is 0. The lowest BCUT2D eigenvalue weighted by atomic mass is 10.1. The van der Waals surface area contributed by atoms with Crippen molar-refractivity contribution in [3.05, 3.63) is 88.2 Å². The normalized spacial score (nSPS) is 11.7. The van der Waals surface area contributed by atoms with Crippen LogP contribution in [-0.4, -0.2) is 10.9 Å². The Morgan fingerprint density at radius 2 is 1.81 bits per heavy atom. The molecule has 0 radical (unpaired) electrons. The van der Waals surface area contributed by atoms with Crippen molar-refractivity contribution >= 4 is 40.5 Å². The summed E-state index contributed by atoms with van der Waals surface area (Å²) >= 11 is 12.1. The first kappa shape index (κ1) is 18.2. The van der Waals surface area contributed by atoms with Gasteiger partial charge in [-0.15, -0.1) is 0 Å². The van der Waals surface area contributed by atoms with Gasteiger partial charge in [-0.1, -0.05) is 53.5 Å². The zero-order chi connectivity index (χ0) is 18.5. The highest BCUT2D eigenvalue weighted by molar-refractivity contribution is 6.36. The number of halogens is 2. The standard InChI is InChI=1S/C20H17Cl2N3O/c1-13(14-5-3-2-4-6-14)24-20(26)15-9-17(12-23-11-15)25-19-8-7-16(21)10-18(19)22/h2-13,25H,1H3,(H,24,26). The van der Waals surface area contributed by atoms with Gasteiger partial charge in [-0.05, 0) is 36.8 Å². The summed E-state index contributed by atoms with van der Waals surface area (Å²) < 4.78 is 0. The number of hydrogen-bond donors (Lipinski definition) is 2. The molecule has 0 aliphatic rings. The second-order valence-electron chi connectivity index (χ2n) is 5.82. The summed E-state index contributed by atoms with van der Waals surface area (Å²) in [6, 6.07) is 16.6. The Bertz CT molecular complexity index is 916. The molecule has 2 aromatic carbocycles. The molecule has 1 amide bonds. The first-order chi connectivity index (χ1) is 12.5. The third-order valence-corrected chi connectivity index (χ3v) is 4.41. The molecular weight excluding hydrogens is 369 g/mol. The van der Waals surface area contributed by atoms with Crippen LogP contribution < -0.4 is 10.6 Å². The second-order valence-corrected chi connectivity index (χ2v) is 6.66. The Morgan fingerprint density at radius 1 is 1.04 bits per heavy atom. The monoisotopic (exact) mass is 385 g/mol. The molecule has 0 aliphatic heterocycles. The predicted molar refractivity (Wildman–Crippen MR) is 106 cm³/mol. The molecule has 1 unspecified atom stereocenters. The molecule has 1 aromatic heterocycles. The van der Waals surface area contributed by atoms with E-state index >= 15 is 0 Å². The fourth-order valence-electron chi connectivity index (χ4n) is 2.48. The quantitative estimate of drug-likeness (QED) is 0.598. The van der Waals surface area contributed by atoms with E-state index in [1.54, 1.807) is 30.5 Å². The van der Waals surface area contributed by atoms with Gasteiger partial charge >= 0.3 is 0 Å². The number of nitrogens with one attached hydrogen (secondary N) is 2. The first-order valence-electron chi connectivity index (χ1n) is 8.06. The third-order valence-electron chi connectivity index (χ3n) is 3.86. The van der Waals surface area contributed by atoms with E-state index in [4.69, 9.17) is 23.2 Å². The summed E-state index contributed by atoms with van der Waals surface area (Å²) in [6.45, 7) is 1.94. The third kappa shape index (κ3) is 4.54. The van der Waals surface area contributed by atoms with Gasteiger partial charge in [0.05, 0.1) is 34.2 Å². The van der Waals surface area contributed by atoms with E-state index in [2.05, 4.69) is 15.6 Å². The molecule has 0 aliphatic carbocycles. The van der Waals surface area contributed by atoms with E-state index in [0.717, 1.165) is 5.56 Å². The summed E-state index contributed by atoms with van der Waals surface area (Å²) in [5, 5.41) is 7.17. The molecule has 1 atom stereocenters. The van der Waals surface area contributed by atoms with E-state index in [-0.39, 0.29) is 11.9 Å². The molecule has 0 bridgehead atoms. The minimum absolute atomic E-state index is 0.106. The number of pyridine rings is 1. The van der Waals surface area contributed by atoms with Crippen molar-refractivity contribution in [2.45, 2.75) is 13.0 Å². The lowest BCUT2D eigenvalue weighted by Crippen LogP contribution is -2.26. The molecule has 3 rings (SSSR count). The van der Waals surface area contributed by atoms with E-state index < -0.39 is 0 Å². The molecule has 1 heterocycles. The number of hydrogen-bond acceptors (Lipinski definition) is 3. The number of anilines is 2. The number of nitrogens with zero attached hydrogens (tertiary/aromatic N) is 1. The summed E-state index contributed by atoms with van der Waals surface area (Å²) in [5.74, 6) is -0.195. The van der Waals surface area contributed by atoms with Crippen LogP contribution in [0.15, 0.2) is 67.0 Å². The fourth-order valence-corrected chi connectivity index (χ4v) is 2.94. The van der Waals surface area contributed by atoms with Crippen LogP contribution in [0.4, 0.5) is 11.4 Å². The lowest BCUT2D eigenvalue weighted by Gasteiger charge is -2.15. The van der Waals surface area contributed by atoms with Crippen molar-refractivity contribution in [1.82, 2.24) is 10.3 Å². The molecule has 0 fully saturated rings. The molecule has 4 nitrogen and oxygen atoms in total. The van der Waals surface area contributed by atoms with Gasteiger partial charge in [0.1, 0.15) is 0 Å². The Kier molecular flexibility index (Phi) is 5.76. The predicted octanol–water partition coefficient (Wildman–Crippen LogP) is 5.62. The SMILES string of the molecule is CC(NC(=O)c1cncc(Nc2ccc(Cl)cc2Cl)c1)c1ccccc1. The average molecular weight is 386 g/mol. The van der Waals surface area contributed by atoms with Gasteiger partial charge in [-0.2, -0.15) is 0 Å². The topological polar surface area (TPSA) is 54.0 Å². The number of benzene rings is 2. The van der Waals surface area contributed by atoms with Crippen molar-refractivity contribution in [2.24, 2.45) is 0 Å². The zero-order valence-electron chi connectivity index (χ0n) is 14.0. The van der Waals surface area contributed by atoms with Crippen LogP contribution in [0.2, 0.25) is 10.0 Å². The molecule has 26 heavy (non-hydrogen) atoms. The van der Waals surface area contributed by atoms with E-state index in [1.807, 2.05) is 37.3 Å². The summed E-state index contributed by atoms with van der Waals surface area (Å²) in [6.07, 6.45) is 3.16. The van der Waals surface area contributed by atoms with Gasteiger partial charge in [0.15, 0.2) is 0 Å². The van der Waals surface area contributed by atoms with Crippen LogP contribution in [0.5, 0.6) is 0 Å². The number of aromatic nitrogens is 1. The highest BCUT2D eigenvalue weighted by Gasteiger charge is 2.12. The van der Waals surface area contributed by atoms with Crippen molar-refractivity contribution < 1.29 is 4.79 Å². The van der Waals surface area contributed by atoms with Crippen LogP contribution >= 0.6 is 23.2 Å². The highest BCUT2D eigenvalue weighted by Crippen LogP contribution is 2.28. The molecule has 6 heteroatoms. The van der Waals surface area contributed by atoms with Crippen LogP contribution in [0.3, 0.4) is 0 Å². The van der Waals surface area contributed by atoms with Gasteiger partial charge in [-0.25, -0.2) is 0 Å². The van der Waals surface area contributed by atoms with E-state index in [1.165, 1.54) is 6.20 Å². The van der Waals surface area contributed by atoms with Crippen molar-refractivity contribution in [2.75, 3.05) is 5.32 Å². The summed E-state index contributed by atoms with van der Waals surface area (Å²) in [4.78, 5) is 16.7. The van der Waals surface area contributed by atoms with Crippen LogP contribution in [-0.2, 0) is 0 Å². The maximum atomic E-state index is 12.5. The first-order valence-corrected chi connectivity index (χ1v) is 8.81. The van der Waals surface area contributed by atoms with E-state index in [9.17, 15) is 4.79 Å². The Labute approximate surface area is 162 Å². The van der Waals surface area contributed by atoms with Gasteiger partial charge in [0.25, 0.3) is 5.91 Å².